The lowest BCUT2D eigenvalue weighted by atomic mass is 10.3. The Kier molecular flexibility index (Phi) is 3.36. The van der Waals surface area contributed by atoms with Gasteiger partial charge in [0.05, 0.1) is 5.69 Å². The fourth-order valence-corrected chi connectivity index (χ4v) is 1.88. The molecule has 0 aliphatic heterocycles. The van der Waals surface area contributed by atoms with Crippen LogP contribution in [0.25, 0.3) is 0 Å². The molecule has 0 saturated heterocycles. The minimum absolute atomic E-state index is 0.0252. The molecule has 1 fully saturated rings. The summed E-state index contributed by atoms with van der Waals surface area (Å²) in [5.41, 5.74) is 0.187. The second kappa shape index (κ2) is 4.49. The van der Waals surface area contributed by atoms with Crippen molar-refractivity contribution < 1.29 is 13.2 Å². The Hall–Kier alpha value is -0.750. The minimum atomic E-state index is -4.29. The third-order valence-corrected chi connectivity index (χ3v) is 2.80. The van der Waals surface area contributed by atoms with Crippen LogP contribution in [0, 0.1) is 0 Å². The molecule has 0 amide bonds. The fourth-order valence-electron chi connectivity index (χ4n) is 1.54. The van der Waals surface area contributed by atoms with Gasteiger partial charge in [0.2, 0.25) is 0 Å². The van der Waals surface area contributed by atoms with Gasteiger partial charge in [-0.25, -0.2) is 0 Å². The zero-order valence-corrected chi connectivity index (χ0v) is 10.0. The summed E-state index contributed by atoms with van der Waals surface area (Å²) in [5.74, 6) is 0. The number of hydrogen-bond acceptors (Lipinski definition) is 3. The Morgan fingerprint density at radius 1 is 1.29 bits per heavy atom. The molecule has 0 radical (unpaired) electrons. The number of halogens is 5. The summed E-state index contributed by atoms with van der Waals surface area (Å²) in [6.07, 6.45) is -2.86. The van der Waals surface area contributed by atoms with Crippen molar-refractivity contribution in [2.45, 2.75) is 25.1 Å². The topological polar surface area (TPSA) is 29.0 Å². The van der Waals surface area contributed by atoms with E-state index < -0.39 is 12.7 Å². The van der Waals surface area contributed by atoms with E-state index in [-0.39, 0.29) is 22.0 Å². The summed E-state index contributed by atoms with van der Waals surface area (Å²) < 4.78 is 37.4. The molecule has 1 saturated carbocycles. The average Bonchev–Trinajstić information content (AvgIpc) is 3.00. The van der Waals surface area contributed by atoms with Crippen molar-refractivity contribution in [3.05, 3.63) is 16.4 Å². The Morgan fingerprint density at radius 3 is 2.47 bits per heavy atom. The highest BCUT2D eigenvalue weighted by molar-refractivity contribution is 6.33. The zero-order chi connectivity index (χ0) is 12.6. The van der Waals surface area contributed by atoms with Crippen LogP contribution in [0.5, 0.6) is 0 Å². The molecule has 0 bridgehead atoms. The van der Waals surface area contributed by atoms with Gasteiger partial charge in [-0.3, -0.25) is 0 Å². The van der Waals surface area contributed by atoms with Gasteiger partial charge in [-0.2, -0.15) is 13.2 Å². The molecule has 0 spiro atoms. The second-order valence-corrected chi connectivity index (χ2v) is 4.56. The molecular weight excluding hydrogens is 278 g/mol. The predicted molar refractivity (Wildman–Crippen MR) is 58.5 cm³/mol. The van der Waals surface area contributed by atoms with Crippen molar-refractivity contribution in [2.24, 2.45) is 0 Å². The highest BCUT2D eigenvalue weighted by Gasteiger charge is 2.39. The Labute approximate surface area is 106 Å². The van der Waals surface area contributed by atoms with E-state index in [1.807, 2.05) is 0 Å². The molecule has 1 aliphatic rings. The van der Waals surface area contributed by atoms with E-state index in [1.165, 1.54) is 11.0 Å². The first-order chi connectivity index (χ1) is 7.87. The normalized spacial score (nSPS) is 16.1. The first-order valence-electron chi connectivity index (χ1n) is 4.89. The van der Waals surface area contributed by atoms with Crippen molar-refractivity contribution in [1.82, 2.24) is 10.2 Å². The van der Waals surface area contributed by atoms with Gasteiger partial charge >= 0.3 is 6.18 Å². The van der Waals surface area contributed by atoms with E-state index >= 15 is 0 Å². The first-order valence-corrected chi connectivity index (χ1v) is 5.64. The minimum Gasteiger partial charge on any atom is -0.357 e. The molecule has 0 unspecified atom stereocenters. The Bertz CT molecular complexity index is 420. The van der Waals surface area contributed by atoms with Crippen molar-refractivity contribution >= 4 is 28.9 Å². The monoisotopic (exact) mass is 285 g/mol. The van der Waals surface area contributed by atoms with Gasteiger partial charge in [-0.15, -0.1) is 10.2 Å². The van der Waals surface area contributed by atoms with E-state index in [0.717, 1.165) is 0 Å². The van der Waals surface area contributed by atoms with Crippen LogP contribution < -0.4 is 4.90 Å². The van der Waals surface area contributed by atoms with Crippen molar-refractivity contribution in [2.75, 3.05) is 11.4 Å². The summed E-state index contributed by atoms with van der Waals surface area (Å²) in [6, 6.07) is 1.16. The van der Waals surface area contributed by atoms with Gasteiger partial charge in [0.25, 0.3) is 0 Å². The van der Waals surface area contributed by atoms with Crippen LogP contribution in [-0.4, -0.2) is 29.0 Å². The third kappa shape index (κ3) is 3.35. The largest absolute Gasteiger partial charge is 0.405 e. The van der Waals surface area contributed by atoms with Gasteiger partial charge in [0.15, 0.2) is 10.3 Å². The molecule has 3 nitrogen and oxygen atoms in total. The lowest BCUT2D eigenvalue weighted by molar-refractivity contribution is -0.120. The molecule has 2 rings (SSSR count). The third-order valence-electron chi connectivity index (χ3n) is 2.35. The summed E-state index contributed by atoms with van der Waals surface area (Å²) >= 11 is 11.4. The zero-order valence-electron chi connectivity index (χ0n) is 8.51. The average molecular weight is 286 g/mol. The fraction of sp³-hybridized carbons (Fsp3) is 0.556. The van der Waals surface area contributed by atoms with Crippen molar-refractivity contribution in [3.8, 4) is 0 Å². The quantitative estimate of drug-likeness (QED) is 0.853. The molecular formula is C9H8Cl2F3N3. The van der Waals surface area contributed by atoms with E-state index in [0.29, 0.717) is 12.8 Å². The summed E-state index contributed by atoms with van der Waals surface area (Å²) in [5, 5.41) is 6.95. The van der Waals surface area contributed by atoms with Gasteiger partial charge in [0.1, 0.15) is 6.54 Å². The van der Waals surface area contributed by atoms with E-state index in [9.17, 15) is 13.2 Å². The van der Waals surface area contributed by atoms with E-state index in [2.05, 4.69) is 10.2 Å². The van der Waals surface area contributed by atoms with Crippen molar-refractivity contribution in [3.63, 3.8) is 0 Å². The lowest BCUT2D eigenvalue weighted by Crippen LogP contribution is -2.36. The van der Waals surface area contributed by atoms with Crippen LogP contribution >= 0.6 is 23.2 Å². The SMILES string of the molecule is FC(F)(F)CN(c1cc(Cl)nnc1Cl)C1CC1. The lowest BCUT2D eigenvalue weighted by Gasteiger charge is -2.26. The number of nitrogens with zero attached hydrogens (tertiary/aromatic N) is 3. The molecule has 94 valence electrons. The van der Waals surface area contributed by atoms with Gasteiger partial charge < -0.3 is 4.90 Å². The molecule has 17 heavy (non-hydrogen) atoms. The summed E-state index contributed by atoms with van der Waals surface area (Å²) in [7, 11) is 0. The number of alkyl halides is 3. The second-order valence-electron chi connectivity index (χ2n) is 3.82. The standard InChI is InChI=1S/C9H8Cl2F3N3/c10-7-3-6(8(11)16-15-7)17(5-1-2-5)4-9(12,13)14/h3,5H,1-2,4H2. The Morgan fingerprint density at radius 2 is 1.94 bits per heavy atom. The van der Waals surface area contributed by atoms with Gasteiger partial charge in [-0.1, -0.05) is 23.2 Å². The molecule has 1 heterocycles. The van der Waals surface area contributed by atoms with Crippen LogP contribution in [0.1, 0.15) is 12.8 Å². The predicted octanol–water partition coefficient (Wildman–Crippen LogP) is 3.31. The van der Waals surface area contributed by atoms with E-state index in [1.54, 1.807) is 0 Å². The molecule has 1 aliphatic carbocycles. The van der Waals surface area contributed by atoms with Crippen LogP contribution in [0.3, 0.4) is 0 Å². The number of aromatic nitrogens is 2. The van der Waals surface area contributed by atoms with Crippen molar-refractivity contribution in [1.29, 1.82) is 0 Å². The van der Waals surface area contributed by atoms with E-state index in [4.69, 9.17) is 23.2 Å². The molecule has 1 aromatic rings. The van der Waals surface area contributed by atoms with Crippen LogP contribution in [0.2, 0.25) is 10.3 Å². The maximum atomic E-state index is 12.5. The van der Waals surface area contributed by atoms with Crippen LogP contribution in [0.4, 0.5) is 18.9 Å². The molecule has 0 aromatic carbocycles. The smallest absolute Gasteiger partial charge is 0.357 e. The maximum Gasteiger partial charge on any atom is 0.405 e. The molecule has 0 N–H and O–H groups in total. The first kappa shape index (κ1) is 12.7. The Balaban J connectivity index is 2.29. The number of anilines is 1. The van der Waals surface area contributed by atoms with Gasteiger partial charge in [0, 0.05) is 12.1 Å². The highest BCUT2D eigenvalue weighted by Crippen LogP contribution is 2.37. The van der Waals surface area contributed by atoms with Crippen LogP contribution in [-0.2, 0) is 0 Å². The van der Waals surface area contributed by atoms with Crippen LogP contribution in [0.15, 0.2) is 6.07 Å². The van der Waals surface area contributed by atoms with Gasteiger partial charge in [-0.05, 0) is 12.8 Å². The number of hydrogen-bond donors (Lipinski definition) is 0. The number of rotatable bonds is 3. The molecule has 8 heteroatoms. The highest BCUT2D eigenvalue weighted by atomic mass is 35.5. The summed E-state index contributed by atoms with van der Waals surface area (Å²) in [6.45, 7) is -1.06. The molecule has 0 atom stereocenters. The molecule has 1 aromatic heterocycles. The maximum absolute atomic E-state index is 12.5. The summed E-state index contributed by atoms with van der Waals surface area (Å²) in [4.78, 5) is 1.18.